The minimum Gasteiger partial charge on any atom is -0.378 e. The summed E-state index contributed by atoms with van der Waals surface area (Å²) >= 11 is 0. The van der Waals surface area contributed by atoms with Crippen molar-refractivity contribution in [3.8, 4) is 6.07 Å². The number of rotatable bonds is 4. The van der Waals surface area contributed by atoms with Crippen LogP contribution in [0.15, 0.2) is 0 Å². The van der Waals surface area contributed by atoms with Crippen molar-refractivity contribution in [1.29, 1.82) is 5.26 Å². The number of likely N-dealkylation sites (tertiary alicyclic amines) is 1. The van der Waals surface area contributed by atoms with Gasteiger partial charge in [0.05, 0.1) is 18.7 Å². The van der Waals surface area contributed by atoms with Crippen LogP contribution in [0.1, 0.15) is 33.1 Å². The highest BCUT2D eigenvalue weighted by Gasteiger charge is 2.34. The summed E-state index contributed by atoms with van der Waals surface area (Å²) in [6, 6.07) is 2.37. The van der Waals surface area contributed by atoms with Crippen LogP contribution in [0.3, 0.4) is 0 Å². The average Bonchev–Trinajstić information content (AvgIpc) is 2.62. The van der Waals surface area contributed by atoms with Gasteiger partial charge in [-0.25, -0.2) is 0 Å². The minimum absolute atomic E-state index is 0.0393. The van der Waals surface area contributed by atoms with Gasteiger partial charge in [0.15, 0.2) is 0 Å². The lowest BCUT2D eigenvalue weighted by Gasteiger charge is -2.42. The molecule has 0 bridgehead atoms. The van der Waals surface area contributed by atoms with E-state index in [2.05, 4.69) is 29.7 Å². The Hall–Kier alpha value is -1.16. The van der Waals surface area contributed by atoms with Crippen molar-refractivity contribution in [2.45, 2.75) is 45.3 Å². The van der Waals surface area contributed by atoms with Crippen molar-refractivity contribution in [3.63, 3.8) is 0 Å². The maximum atomic E-state index is 12.7. The molecule has 0 aliphatic carbocycles. The molecule has 25 heavy (non-hydrogen) atoms. The smallest absolute Gasteiger partial charge is 0.236 e. The summed E-state index contributed by atoms with van der Waals surface area (Å²) in [7, 11) is 0. The van der Waals surface area contributed by atoms with E-state index in [1.54, 1.807) is 0 Å². The Morgan fingerprint density at radius 1 is 1.20 bits per heavy atom. The molecular formula is C19H32N4O2. The molecule has 3 saturated heterocycles. The van der Waals surface area contributed by atoms with Crippen LogP contribution in [-0.4, -0.2) is 85.2 Å². The van der Waals surface area contributed by atoms with Gasteiger partial charge in [-0.2, -0.15) is 5.26 Å². The Morgan fingerprint density at radius 2 is 1.96 bits per heavy atom. The number of ether oxygens (including phenoxy) is 1. The minimum atomic E-state index is -0.0393. The van der Waals surface area contributed by atoms with E-state index in [0.29, 0.717) is 24.5 Å². The van der Waals surface area contributed by atoms with E-state index in [0.717, 1.165) is 58.7 Å². The first-order valence-electron chi connectivity index (χ1n) is 9.84. The van der Waals surface area contributed by atoms with E-state index < -0.39 is 0 Å². The number of piperazine rings is 1. The van der Waals surface area contributed by atoms with Gasteiger partial charge in [-0.3, -0.25) is 14.6 Å². The van der Waals surface area contributed by atoms with Gasteiger partial charge in [-0.05, 0) is 31.1 Å². The molecule has 0 radical (unpaired) electrons. The van der Waals surface area contributed by atoms with E-state index in [1.165, 1.54) is 6.42 Å². The summed E-state index contributed by atoms with van der Waals surface area (Å²) in [4.78, 5) is 19.2. The van der Waals surface area contributed by atoms with Crippen LogP contribution in [0.25, 0.3) is 0 Å². The highest BCUT2D eigenvalue weighted by Crippen LogP contribution is 2.28. The molecule has 3 aliphatic rings. The maximum absolute atomic E-state index is 12.7. The van der Waals surface area contributed by atoms with Crippen LogP contribution < -0.4 is 0 Å². The first-order valence-corrected chi connectivity index (χ1v) is 9.84. The lowest BCUT2D eigenvalue weighted by Crippen LogP contribution is -2.55. The largest absolute Gasteiger partial charge is 0.378 e. The molecule has 0 N–H and O–H groups in total. The van der Waals surface area contributed by atoms with Crippen molar-refractivity contribution in [1.82, 2.24) is 14.7 Å². The van der Waals surface area contributed by atoms with Gasteiger partial charge in [-0.1, -0.05) is 13.8 Å². The van der Waals surface area contributed by atoms with Gasteiger partial charge < -0.3 is 9.64 Å². The van der Waals surface area contributed by atoms with E-state index in [-0.39, 0.29) is 11.9 Å². The third-order valence-corrected chi connectivity index (χ3v) is 5.98. The number of piperidine rings is 1. The Balaban J connectivity index is 1.44. The van der Waals surface area contributed by atoms with Crippen molar-refractivity contribution in [2.24, 2.45) is 11.8 Å². The summed E-state index contributed by atoms with van der Waals surface area (Å²) in [5.74, 6) is 1.17. The van der Waals surface area contributed by atoms with Crippen molar-refractivity contribution >= 4 is 5.91 Å². The number of amides is 1. The molecule has 0 spiro atoms. The second kappa shape index (κ2) is 8.48. The van der Waals surface area contributed by atoms with Gasteiger partial charge in [0.1, 0.15) is 6.04 Å². The van der Waals surface area contributed by atoms with Gasteiger partial charge in [0, 0.05) is 45.9 Å². The first kappa shape index (κ1) is 18.6. The molecule has 3 fully saturated rings. The number of nitrogens with zero attached hydrogens (tertiary/aromatic N) is 4. The zero-order chi connectivity index (χ0) is 17.8. The van der Waals surface area contributed by atoms with Crippen LogP contribution in [0.4, 0.5) is 0 Å². The number of hydrogen-bond acceptors (Lipinski definition) is 5. The molecule has 0 aromatic carbocycles. The average molecular weight is 348 g/mol. The van der Waals surface area contributed by atoms with Crippen LogP contribution in [0.2, 0.25) is 0 Å². The molecule has 3 rings (SSSR count). The number of carbonyl (C=O) groups is 1. The van der Waals surface area contributed by atoms with E-state index in [9.17, 15) is 10.1 Å². The second-order valence-corrected chi connectivity index (χ2v) is 8.07. The van der Waals surface area contributed by atoms with Crippen molar-refractivity contribution in [3.05, 3.63) is 0 Å². The lowest BCUT2D eigenvalue weighted by molar-refractivity contribution is -0.136. The highest BCUT2D eigenvalue weighted by molar-refractivity contribution is 5.78. The summed E-state index contributed by atoms with van der Waals surface area (Å²) in [6.07, 6.45) is 3.87. The zero-order valence-electron chi connectivity index (χ0n) is 15.7. The second-order valence-electron chi connectivity index (χ2n) is 8.07. The fourth-order valence-electron chi connectivity index (χ4n) is 4.50. The SMILES string of the molecule is CC(C)[C@H](C#N)N1CCN(C(=O)CN2CC[C@H]3OCCC[C@@H]3C2)CC1. The third-order valence-electron chi connectivity index (χ3n) is 5.98. The normalized spacial score (nSPS) is 29.9. The molecule has 3 atom stereocenters. The predicted molar refractivity (Wildman–Crippen MR) is 95.9 cm³/mol. The first-order chi connectivity index (χ1) is 12.1. The van der Waals surface area contributed by atoms with Crippen LogP contribution in [0.5, 0.6) is 0 Å². The Bertz CT molecular complexity index is 496. The number of hydrogen-bond donors (Lipinski definition) is 0. The van der Waals surface area contributed by atoms with Gasteiger partial charge in [0.25, 0.3) is 0 Å². The fraction of sp³-hybridized carbons (Fsp3) is 0.895. The third kappa shape index (κ3) is 4.52. The van der Waals surface area contributed by atoms with Crippen LogP contribution in [0, 0.1) is 23.2 Å². The molecule has 140 valence electrons. The van der Waals surface area contributed by atoms with Gasteiger partial charge in [-0.15, -0.1) is 0 Å². The Labute approximate surface area is 151 Å². The van der Waals surface area contributed by atoms with Crippen LogP contribution >= 0.6 is 0 Å². The van der Waals surface area contributed by atoms with Crippen molar-refractivity contribution < 1.29 is 9.53 Å². The van der Waals surface area contributed by atoms with Crippen LogP contribution in [-0.2, 0) is 9.53 Å². The van der Waals surface area contributed by atoms with E-state index in [4.69, 9.17) is 4.74 Å². The molecule has 3 aliphatic heterocycles. The number of carbonyl (C=O) groups excluding carboxylic acids is 1. The summed E-state index contributed by atoms with van der Waals surface area (Å²) in [6.45, 7) is 10.7. The molecular weight excluding hydrogens is 316 g/mol. The van der Waals surface area contributed by atoms with E-state index in [1.807, 2.05) is 4.90 Å². The van der Waals surface area contributed by atoms with Gasteiger partial charge >= 0.3 is 0 Å². The number of fused-ring (bicyclic) bond motifs is 1. The lowest BCUT2D eigenvalue weighted by atomic mass is 9.88. The summed E-state index contributed by atoms with van der Waals surface area (Å²) in [5.41, 5.74) is 0. The number of nitriles is 1. The molecule has 3 heterocycles. The summed E-state index contributed by atoms with van der Waals surface area (Å²) < 4.78 is 5.86. The Morgan fingerprint density at radius 3 is 2.64 bits per heavy atom. The standard InChI is InChI=1S/C19H32N4O2/c1-15(2)17(12-20)22-7-9-23(10-8-22)19(24)14-21-6-5-18-16(13-21)4-3-11-25-18/h15-18H,3-11,13-14H2,1-2H3/t16-,17+,18-/m1/s1. The predicted octanol–water partition coefficient (Wildman–Crippen LogP) is 1.18. The summed E-state index contributed by atoms with van der Waals surface area (Å²) in [5, 5.41) is 9.35. The monoisotopic (exact) mass is 348 g/mol. The van der Waals surface area contributed by atoms with Crippen molar-refractivity contribution in [2.75, 3.05) is 52.4 Å². The van der Waals surface area contributed by atoms with Gasteiger partial charge in [0.2, 0.25) is 5.91 Å². The molecule has 6 nitrogen and oxygen atoms in total. The molecule has 0 aromatic heterocycles. The van der Waals surface area contributed by atoms with E-state index >= 15 is 0 Å². The maximum Gasteiger partial charge on any atom is 0.236 e. The Kier molecular flexibility index (Phi) is 6.32. The molecule has 0 aromatic rings. The molecule has 6 heteroatoms. The molecule has 0 unspecified atom stereocenters. The fourth-order valence-corrected chi connectivity index (χ4v) is 4.50. The quantitative estimate of drug-likeness (QED) is 0.763. The highest BCUT2D eigenvalue weighted by atomic mass is 16.5. The zero-order valence-corrected chi connectivity index (χ0v) is 15.7. The molecule has 0 saturated carbocycles. The molecule has 1 amide bonds. The topological polar surface area (TPSA) is 59.8 Å².